The van der Waals surface area contributed by atoms with Crippen LogP contribution in [0.1, 0.15) is 16.6 Å². The van der Waals surface area contributed by atoms with Gasteiger partial charge in [0.15, 0.2) is 0 Å². The van der Waals surface area contributed by atoms with Crippen LogP contribution in [0.3, 0.4) is 0 Å². The lowest BCUT2D eigenvalue weighted by Crippen LogP contribution is -2.48. The SMILES string of the molecule is CCN1CCN(C(=O)c2ccc(Br)s2)CC1. The van der Waals surface area contributed by atoms with Crippen LogP contribution in [0.2, 0.25) is 0 Å². The molecule has 1 saturated heterocycles. The fourth-order valence-corrected chi connectivity index (χ4v) is 3.21. The molecule has 1 amide bonds. The van der Waals surface area contributed by atoms with Crippen LogP contribution in [-0.2, 0) is 0 Å². The van der Waals surface area contributed by atoms with Crippen LogP contribution < -0.4 is 0 Å². The van der Waals surface area contributed by atoms with E-state index in [9.17, 15) is 4.79 Å². The quantitative estimate of drug-likeness (QED) is 0.837. The van der Waals surface area contributed by atoms with E-state index >= 15 is 0 Å². The van der Waals surface area contributed by atoms with Crippen LogP contribution in [0.15, 0.2) is 15.9 Å². The lowest BCUT2D eigenvalue weighted by Gasteiger charge is -2.33. The molecule has 1 aliphatic rings. The highest BCUT2D eigenvalue weighted by atomic mass is 79.9. The molecule has 16 heavy (non-hydrogen) atoms. The maximum atomic E-state index is 12.1. The van der Waals surface area contributed by atoms with Gasteiger partial charge < -0.3 is 9.80 Å². The van der Waals surface area contributed by atoms with Crippen LogP contribution in [0.4, 0.5) is 0 Å². The van der Waals surface area contributed by atoms with E-state index in [1.165, 1.54) is 11.3 Å². The second kappa shape index (κ2) is 5.29. The van der Waals surface area contributed by atoms with Crippen molar-refractivity contribution in [2.75, 3.05) is 32.7 Å². The third-order valence-corrected chi connectivity index (χ3v) is 4.50. The maximum Gasteiger partial charge on any atom is 0.264 e. The lowest BCUT2D eigenvalue weighted by atomic mass is 10.3. The number of likely N-dealkylation sites (N-methyl/N-ethyl adjacent to an activating group) is 1. The normalized spacial score (nSPS) is 17.8. The molecule has 0 radical (unpaired) electrons. The second-order valence-electron chi connectivity index (χ2n) is 3.83. The number of hydrogen-bond donors (Lipinski definition) is 0. The molecular weight excluding hydrogens is 288 g/mol. The van der Waals surface area contributed by atoms with Gasteiger partial charge in [-0.15, -0.1) is 11.3 Å². The molecule has 0 saturated carbocycles. The van der Waals surface area contributed by atoms with Gasteiger partial charge in [0, 0.05) is 26.2 Å². The van der Waals surface area contributed by atoms with Crippen molar-refractivity contribution in [2.24, 2.45) is 0 Å². The predicted molar refractivity (Wildman–Crippen MR) is 70.0 cm³/mol. The molecule has 0 bridgehead atoms. The van der Waals surface area contributed by atoms with Gasteiger partial charge in [-0.3, -0.25) is 4.79 Å². The second-order valence-corrected chi connectivity index (χ2v) is 6.29. The molecule has 0 atom stereocenters. The van der Waals surface area contributed by atoms with Crippen molar-refractivity contribution in [2.45, 2.75) is 6.92 Å². The van der Waals surface area contributed by atoms with Gasteiger partial charge in [0.1, 0.15) is 0 Å². The Bertz CT molecular complexity index is 372. The van der Waals surface area contributed by atoms with Crippen molar-refractivity contribution < 1.29 is 4.79 Å². The Morgan fingerprint density at radius 1 is 1.38 bits per heavy atom. The highest BCUT2D eigenvalue weighted by molar-refractivity contribution is 9.11. The van der Waals surface area contributed by atoms with Gasteiger partial charge in [-0.2, -0.15) is 0 Å². The molecule has 0 aliphatic carbocycles. The number of carbonyl (C=O) groups is 1. The van der Waals surface area contributed by atoms with Gasteiger partial charge in [-0.1, -0.05) is 6.92 Å². The molecule has 1 fully saturated rings. The van der Waals surface area contributed by atoms with E-state index in [0.717, 1.165) is 41.4 Å². The summed E-state index contributed by atoms with van der Waals surface area (Å²) in [7, 11) is 0. The molecule has 1 aromatic heterocycles. The number of rotatable bonds is 2. The molecule has 2 rings (SSSR count). The van der Waals surface area contributed by atoms with Crippen molar-refractivity contribution in [1.82, 2.24) is 9.80 Å². The number of amides is 1. The molecule has 0 spiro atoms. The highest BCUT2D eigenvalue weighted by Gasteiger charge is 2.22. The molecule has 2 heterocycles. The summed E-state index contributed by atoms with van der Waals surface area (Å²) in [5.74, 6) is 0.173. The van der Waals surface area contributed by atoms with Crippen LogP contribution in [0, 0.1) is 0 Å². The molecule has 1 aliphatic heterocycles. The largest absolute Gasteiger partial charge is 0.335 e. The van der Waals surface area contributed by atoms with Gasteiger partial charge in [-0.25, -0.2) is 0 Å². The van der Waals surface area contributed by atoms with E-state index in [-0.39, 0.29) is 5.91 Å². The average Bonchev–Trinajstić information content (AvgIpc) is 2.75. The summed E-state index contributed by atoms with van der Waals surface area (Å²) in [4.78, 5) is 17.3. The van der Waals surface area contributed by atoms with E-state index in [2.05, 4.69) is 27.8 Å². The first kappa shape index (κ1) is 12.1. The summed E-state index contributed by atoms with van der Waals surface area (Å²) in [5.41, 5.74) is 0. The Hall–Kier alpha value is -0.390. The fraction of sp³-hybridized carbons (Fsp3) is 0.545. The summed E-state index contributed by atoms with van der Waals surface area (Å²) < 4.78 is 1.02. The summed E-state index contributed by atoms with van der Waals surface area (Å²) in [6.45, 7) is 6.92. The fourth-order valence-electron chi connectivity index (χ4n) is 1.85. The maximum absolute atomic E-state index is 12.1. The summed E-state index contributed by atoms with van der Waals surface area (Å²) in [5, 5.41) is 0. The van der Waals surface area contributed by atoms with Crippen LogP contribution in [0.5, 0.6) is 0 Å². The molecule has 5 heteroatoms. The number of halogens is 1. The van der Waals surface area contributed by atoms with Crippen LogP contribution in [0.25, 0.3) is 0 Å². The smallest absolute Gasteiger partial charge is 0.264 e. The Morgan fingerprint density at radius 3 is 2.56 bits per heavy atom. The number of piperazine rings is 1. The van der Waals surface area contributed by atoms with Gasteiger partial charge in [-0.05, 0) is 34.6 Å². The molecule has 3 nitrogen and oxygen atoms in total. The predicted octanol–water partition coefficient (Wildman–Crippen LogP) is 2.29. The number of hydrogen-bond acceptors (Lipinski definition) is 3. The molecular formula is C11H15BrN2OS. The lowest BCUT2D eigenvalue weighted by molar-refractivity contribution is 0.0648. The zero-order valence-corrected chi connectivity index (χ0v) is 11.7. The van der Waals surface area contributed by atoms with Crippen LogP contribution in [-0.4, -0.2) is 48.4 Å². The average molecular weight is 303 g/mol. The van der Waals surface area contributed by atoms with E-state index in [1.54, 1.807) is 0 Å². The summed E-state index contributed by atoms with van der Waals surface area (Å²) in [6.07, 6.45) is 0. The summed E-state index contributed by atoms with van der Waals surface area (Å²) in [6, 6.07) is 3.82. The van der Waals surface area contributed by atoms with Crippen molar-refractivity contribution in [3.8, 4) is 0 Å². The highest BCUT2D eigenvalue weighted by Crippen LogP contribution is 2.23. The van der Waals surface area contributed by atoms with Gasteiger partial charge >= 0.3 is 0 Å². The van der Waals surface area contributed by atoms with E-state index in [4.69, 9.17) is 0 Å². The number of nitrogens with zero attached hydrogens (tertiary/aromatic N) is 2. The Kier molecular flexibility index (Phi) is 4.00. The molecule has 1 aromatic rings. The Balaban J connectivity index is 1.96. The molecule has 88 valence electrons. The minimum atomic E-state index is 0.173. The van der Waals surface area contributed by atoms with Crippen molar-refractivity contribution >= 4 is 33.2 Å². The molecule has 0 N–H and O–H groups in total. The van der Waals surface area contributed by atoms with Crippen LogP contribution >= 0.6 is 27.3 Å². The minimum Gasteiger partial charge on any atom is -0.335 e. The minimum absolute atomic E-state index is 0.173. The number of carbonyl (C=O) groups excluding carboxylic acids is 1. The Labute approximate surface area is 108 Å². The zero-order chi connectivity index (χ0) is 11.5. The van der Waals surface area contributed by atoms with E-state index in [1.807, 2.05) is 17.0 Å². The molecule has 0 aromatic carbocycles. The monoisotopic (exact) mass is 302 g/mol. The third kappa shape index (κ3) is 2.64. The Morgan fingerprint density at radius 2 is 2.06 bits per heavy atom. The molecule has 0 unspecified atom stereocenters. The van der Waals surface area contributed by atoms with Gasteiger partial charge in [0.2, 0.25) is 0 Å². The topological polar surface area (TPSA) is 23.6 Å². The third-order valence-electron chi connectivity index (χ3n) is 2.89. The van der Waals surface area contributed by atoms with Crippen molar-refractivity contribution in [3.05, 3.63) is 20.8 Å². The van der Waals surface area contributed by atoms with E-state index in [0.29, 0.717) is 0 Å². The first-order chi connectivity index (χ1) is 7.70. The van der Waals surface area contributed by atoms with Gasteiger partial charge in [0.25, 0.3) is 5.91 Å². The van der Waals surface area contributed by atoms with Gasteiger partial charge in [0.05, 0.1) is 8.66 Å². The number of thiophene rings is 1. The van der Waals surface area contributed by atoms with Crippen molar-refractivity contribution in [3.63, 3.8) is 0 Å². The zero-order valence-electron chi connectivity index (χ0n) is 9.28. The first-order valence-corrected chi connectivity index (χ1v) is 7.08. The van der Waals surface area contributed by atoms with E-state index < -0.39 is 0 Å². The first-order valence-electron chi connectivity index (χ1n) is 5.47. The standard InChI is InChI=1S/C11H15BrN2OS/c1-2-13-5-7-14(8-6-13)11(15)9-3-4-10(12)16-9/h3-4H,2,5-8H2,1H3. The van der Waals surface area contributed by atoms with Crippen molar-refractivity contribution in [1.29, 1.82) is 0 Å². The summed E-state index contributed by atoms with van der Waals surface area (Å²) >= 11 is 4.89.